The zero-order chi connectivity index (χ0) is 20.5. The highest BCUT2D eigenvalue weighted by Gasteiger charge is 2.29. The van der Waals surface area contributed by atoms with Crippen molar-refractivity contribution in [2.24, 2.45) is 0 Å². The summed E-state index contributed by atoms with van der Waals surface area (Å²) in [5, 5.41) is 0. The summed E-state index contributed by atoms with van der Waals surface area (Å²) >= 11 is 0. The zero-order valence-electron chi connectivity index (χ0n) is 17.1. The van der Waals surface area contributed by atoms with E-state index in [1.807, 2.05) is 25.5 Å². The molecule has 1 rings (SSSR count). The third kappa shape index (κ3) is 8.20. The molecule has 27 heavy (non-hydrogen) atoms. The van der Waals surface area contributed by atoms with Crippen LogP contribution < -0.4 is 9.46 Å². The van der Waals surface area contributed by atoms with Crippen molar-refractivity contribution < 1.29 is 22.7 Å². The summed E-state index contributed by atoms with van der Waals surface area (Å²) in [5.41, 5.74) is -0.666. The van der Waals surface area contributed by atoms with Crippen molar-refractivity contribution in [1.29, 1.82) is 0 Å². The fourth-order valence-electron chi connectivity index (χ4n) is 2.71. The number of carbonyl (C=O) groups is 1. The second kappa shape index (κ2) is 10.5. The number of hydrogen-bond donors (Lipinski definition) is 1. The van der Waals surface area contributed by atoms with Crippen LogP contribution in [0.15, 0.2) is 29.2 Å². The van der Waals surface area contributed by atoms with Gasteiger partial charge in [0.1, 0.15) is 11.4 Å². The average molecular weight is 400 g/mol. The van der Waals surface area contributed by atoms with Gasteiger partial charge in [-0.05, 0) is 70.7 Å². The molecule has 1 N–H and O–H groups in total. The molecule has 7 heteroatoms. The molecule has 0 saturated heterocycles. The van der Waals surface area contributed by atoms with Gasteiger partial charge in [-0.2, -0.15) is 0 Å². The number of nitrogens with one attached hydrogen (secondary N) is 1. The van der Waals surface area contributed by atoms with Crippen LogP contribution in [0.1, 0.15) is 73.1 Å². The molecule has 0 spiro atoms. The average Bonchev–Trinajstić information content (AvgIpc) is 2.57. The van der Waals surface area contributed by atoms with E-state index in [0.29, 0.717) is 18.6 Å². The summed E-state index contributed by atoms with van der Waals surface area (Å²) in [4.78, 5) is 12.2. The Hall–Kier alpha value is -1.76. The van der Waals surface area contributed by atoms with Crippen molar-refractivity contribution in [2.45, 2.75) is 89.7 Å². The van der Waals surface area contributed by atoms with Gasteiger partial charge in [0.2, 0.25) is 0 Å². The van der Waals surface area contributed by atoms with E-state index in [1.165, 1.54) is 12.1 Å². The van der Waals surface area contributed by atoms with Crippen LogP contribution in [0.5, 0.6) is 5.75 Å². The molecule has 6 nitrogen and oxygen atoms in total. The molecule has 0 saturated carbocycles. The summed E-state index contributed by atoms with van der Waals surface area (Å²) in [6.07, 6.45) is 4.26. The first kappa shape index (κ1) is 23.3. The molecular formula is C20H33NO5S. The van der Waals surface area contributed by atoms with Crippen LogP contribution in [0.3, 0.4) is 0 Å². The lowest BCUT2D eigenvalue weighted by molar-refractivity contribution is 0.0122. The third-order valence-corrected chi connectivity index (χ3v) is 5.51. The second-order valence-corrected chi connectivity index (χ2v) is 8.97. The number of sulfonamides is 1. The van der Waals surface area contributed by atoms with E-state index < -0.39 is 21.7 Å². The van der Waals surface area contributed by atoms with Crippen LogP contribution in [0, 0.1) is 0 Å². The summed E-state index contributed by atoms with van der Waals surface area (Å²) in [7, 11) is -4.00. The molecule has 1 amide bonds. The van der Waals surface area contributed by atoms with Crippen LogP contribution in [0.2, 0.25) is 0 Å². The Balaban J connectivity index is 2.79. The smallest absolute Gasteiger partial charge is 0.421 e. The number of ether oxygens (including phenoxy) is 2. The molecule has 0 aromatic heterocycles. The maximum Gasteiger partial charge on any atom is 0.421 e. The Morgan fingerprint density at radius 3 is 2.04 bits per heavy atom. The van der Waals surface area contributed by atoms with Gasteiger partial charge < -0.3 is 9.47 Å². The molecule has 0 aliphatic carbocycles. The van der Waals surface area contributed by atoms with Crippen LogP contribution >= 0.6 is 0 Å². The van der Waals surface area contributed by atoms with Crippen LogP contribution in [-0.4, -0.2) is 26.2 Å². The Kier molecular flexibility index (Phi) is 9.09. The zero-order valence-corrected chi connectivity index (χ0v) is 17.9. The number of amides is 1. The molecule has 154 valence electrons. The maximum absolute atomic E-state index is 12.4. The number of carbonyl (C=O) groups excluding carboxylic acids is 1. The summed E-state index contributed by atoms with van der Waals surface area (Å²) < 4.78 is 37.9. The lowest BCUT2D eigenvalue weighted by Crippen LogP contribution is -2.39. The van der Waals surface area contributed by atoms with Crippen molar-refractivity contribution in [3.05, 3.63) is 24.3 Å². The van der Waals surface area contributed by atoms with E-state index in [-0.39, 0.29) is 11.0 Å². The Labute approximate surface area is 163 Å². The third-order valence-electron chi connectivity index (χ3n) is 4.18. The monoisotopic (exact) mass is 399 g/mol. The predicted molar refractivity (Wildman–Crippen MR) is 106 cm³/mol. The molecule has 0 radical (unpaired) electrons. The first-order valence-electron chi connectivity index (χ1n) is 9.64. The van der Waals surface area contributed by atoms with Crippen molar-refractivity contribution in [2.75, 3.05) is 0 Å². The van der Waals surface area contributed by atoms with Crippen molar-refractivity contribution in [3.63, 3.8) is 0 Å². The van der Waals surface area contributed by atoms with Crippen LogP contribution in [-0.2, 0) is 14.8 Å². The minimum Gasteiger partial charge on any atom is -0.491 e. The Morgan fingerprint density at radius 2 is 1.59 bits per heavy atom. The summed E-state index contributed by atoms with van der Waals surface area (Å²) in [6, 6.07) is 5.93. The highest BCUT2D eigenvalue weighted by molar-refractivity contribution is 7.90. The van der Waals surface area contributed by atoms with Crippen molar-refractivity contribution >= 4 is 16.1 Å². The van der Waals surface area contributed by atoms with Crippen LogP contribution in [0.4, 0.5) is 4.79 Å². The molecule has 0 heterocycles. The first-order chi connectivity index (χ1) is 12.6. The van der Waals surface area contributed by atoms with E-state index in [2.05, 4.69) is 13.8 Å². The molecule has 0 aliphatic heterocycles. The second-order valence-electron chi connectivity index (χ2n) is 7.29. The largest absolute Gasteiger partial charge is 0.491 e. The normalized spacial score (nSPS) is 12.1. The SMILES string of the molecule is CCCCC(C)(CCCC)OC(=O)NS(=O)(=O)c1ccc(OC(C)C)cc1. The minimum atomic E-state index is -4.00. The van der Waals surface area contributed by atoms with Gasteiger partial charge in [-0.1, -0.05) is 26.7 Å². The van der Waals surface area contributed by atoms with Crippen molar-refractivity contribution in [1.82, 2.24) is 4.72 Å². The Morgan fingerprint density at radius 1 is 1.07 bits per heavy atom. The first-order valence-corrected chi connectivity index (χ1v) is 11.1. The topological polar surface area (TPSA) is 81.7 Å². The van der Waals surface area contributed by atoms with Gasteiger partial charge in [0, 0.05) is 0 Å². The molecule has 1 aromatic carbocycles. The highest BCUT2D eigenvalue weighted by Crippen LogP contribution is 2.26. The van der Waals surface area contributed by atoms with E-state index >= 15 is 0 Å². The maximum atomic E-state index is 12.4. The van der Waals surface area contributed by atoms with Gasteiger partial charge in [-0.25, -0.2) is 17.9 Å². The lowest BCUT2D eigenvalue weighted by atomic mass is 9.93. The van der Waals surface area contributed by atoms with E-state index in [1.54, 1.807) is 12.1 Å². The standard InChI is InChI=1S/C20H33NO5S/c1-6-8-14-20(5,15-9-7-2)26-19(22)21-27(23,24)18-12-10-17(11-13-18)25-16(3)4/h10-13,16H,6-9,14-15H2,1-5H3,(H,21,22). The molecule has 0 atom stereocenters. The van der Waals surface area contributed by atoms with E-state index in [9.17, 15) is 13.2 Å². The fraction of sp³-hybridized carbons (Fsp3) is 0.650. The number of unbranched alkanes of at least 4 members (excludes halogenated alkanes) is 2. The number of rotatable bonds is 11. The molecule has 0 unspecified atom stereocenters. The number of benzene rings is 1. The molecule has 1 aromatic rings. The quantitative estimate of drug-likeness (QED) is 0.564. The van der Waals surface area contributed by atoms with Gasteiger partial charge in [-0.3, -0.25) is 0 Å². The van der Waals surface area contributed by atoms with Gasteiger partial charge in [0.05, 0.1) is 11.0 Å². The van der Waals surface area contributed by atoms with Gasteiger partial charge >= 0.3 is 6.09 Å². The van der Waals surface area contributed by atoms with E-state index in [0.717, 1.165) is 25.7 Å². The minimum absolute atomic E-state index is 0.00974. The fourth-order valence-corrected chi connectivity index (χ4v) is 3.58. The highest BCUT2D eigenvalue weighted by atomic mass is 32.2. The van der Waals surface area contributed by atoms with Gasteiger partial charge in [-0.15, -0.1) is 0 Å². The predicted octanol–water partition coefficient (Wildman–Crippen LogP) is 5.03. The number of hydrogen-bond acceptors (Lipinski definition) is 5. The van der Waals surface area contributed by atoms with Crippen LogP contribution in [0.25, 0.3) is 0 Å². The lowest BCUT2D eigenvalue weighted by Gasteiger charge is -2.29. The summed E-state index contributed by atoms with van der Waals surface area (Å²) in [6.45, 7) is 9.77. The Bertz CT molecular complexity index is 675. The summed E-state index contributed by atoms with van der Waals surface area (Å²) in [5.74, 6) is 0.568. The van der Waals surface area contributed by atoms with Gasteiger partial charge in [0.15, 0.2) is 0 Å². The van der Waals surface area contributed by atoms with Crippen molar-refractivity contribution in [3.8, 4) is 5.75 Å². The molecular weight excluding hydrogens is 366 g/mol. The van der Waals surface area contributed by atoms with Gasteiger partial charge in [0.25, 0.3) is 10.0 Å². The molecule has 0 aliphatic rings. The van der Waals surface area contributed by atoms with E-state index in [4.69, 9.17) is 9.47 Å². The molecule has 0 bridgehead atoms. The molecule has 0 fully saturated rings.